The van der Waals surface area contributed by atoms with E-state index in [-0.39, 0.29) is 35.2 Å². The van der Waals surface area contributed by atoms with Gasteiger partial charge in [0.1, 0.15) is 10.6 Å². The number of hydrogen-bond donors (Lipinski definition) is 4. The Morgan fingerprint density at radius 2 is 1.95 bits per heavy atom. The van der Waals surface area contributed by atoms with Crippen molar-refractivity contribution in [1.82, 2.24) is 25.0 Å². The second-order valence-corrected chi connectivity index (χ2v) is 10.3. The van der Waals surface area contributed by atoms with Crippen molar-refractivity contribution in [1.29, 1.82) is 0 Å². The maximum atomic E-state index is 13.1. The van der Waals surface area contributed by atoms with E-state index in [1.54, 1.807) is 6.20 Å². The van der Waals surface area contributed by atoms with Gasteiger partial charge in [-0.25, -0.2) is 9.78 Å². The van der Waals surface area contributed by atoms with Crippen molar-refractivity contribution in [3.05, 3.63) is 40.3 Å². The molecule has 2 fully saturated rings. The van der Waals surface area contributed by atoms with Gasteiger partial charge in [-0.05, 0) is 43.9 Å². The highest BCUT2D eigenvalue weighted by atomic mass is 32.1. The van der Waals surface area contributed by atoms with Crippen LogP contribution in [0.3, 0.4) is 0 Å². The van der Waals surface area contributed by atoms with Gasteiger partial charge in [-0.1, -0.05) is 0 Å². The summed E-state index contributed by atoms with van der Waals surface area (Å²) in [5.74, 6) is -0.500. The van der Waals surface area contributed by atoms with E-state index in [2.05, 4.69) is 25.6 Å². The average Bonchev–Trinajstić information content (AvgIpc) is 3.49. The fourth-order valence-electron chi connectivity index (χ4n) is 5.03. The molecule has 1 aromatic carbocycles. The van der Waals surface area contributed by atoms with Crippen LogP contribution in [-0.4, -0.2) is 73.6 Å². The minimum Gasteiger partial charge on any atom is -0.463 e. The first-order valence-electron chi connectivity index (χ1n) is 11.8. The van der Waals surface area contributed by atoms with Crippen LogP contribution in [0.5, 0.6) is 0 Å². The van der Waals surface area contributed by atoms with Crippen molar-refractivity contribution in [3.63, 3.8) is 0 Å². The van der Waals surface area contributed by atoms with Crippen LogP contribution in [0.4, 0.5) is 23.8 Å². The van der Waals surface area contributed by atoms with E-state index in [4.69, 9.17) is 0 Å². The Hall–Kier alpha value is -3.23. The molecule has 0 unspecified atom stereocenters. The van der Waals surface area contributed by atoms with Crippen molar-refractivity contribution in [2.75, 3.05) is 25.0 Å². The molecular weight excluding hydrogens is 513 g/mol. The maximum Gasteiger partial charge on any atom is 0.432 e. The molecule has 2 aromatic heterocycles. The third kappa shape index (κ3) is 5.13. The van der Waals surface area contributed by atoms with Gasteiger partial charge in [0.2, 0.25) is 5.91 Å². The average molecular weight is 539 g/mol. The summed E-state index contributed by atoms with van der Waals surface area (Å²) >= 11 is 1.46. The monoisotopic (exact) mass is 538 g/mol. The molecule has 3 heterocycles. The van der Waals surface area contributed by atoms with Gasteiger partial charge in [-0.2, -0.15) is 17.9 Å². The molecule has 0 atom stereocenters. The van der Waals surface area contributed by atoms with Crippen molar-refractivity contribution in [2.45, 2.75) is 49.5 Å². The number of alkyl halides is 3. The van der Waals surface area contributed by atoms with E-state index in [0.717, 1.165) is 36.0 Å². The summed E-state index contributed by atoms with van der Waals surface area (Å²) in [7, 11) is 0. The molecule has 0 radical (unpaired) electrons. The van der Waals surface area contributed by atoms with Crippen molar-refractivity contribution in [3.8, 4) is 0 Å². The molecule has 4 N–H and O–H groups in total. The van der Waals surface area contributed by atoms with Gasteiger partial charge in [0.15, 0.2) is 5.82 Å². The molecule has 1 saturated carbocycles. The van der Waals surface area contributed by atoms with Crippen LogP contribution in [0.2, 0.25) is 0 Å². The number of carbonyl (C=O) groups is 2. The number of anilines is 1. The largest absolute Gasteiger partial charge is 0.463 e. The molecule has 1 amide bonds. The Morgan fingerprint density at radius 1 is 1.22 bits per heavy atom. The Balaban J connectivity index is 1.13. The zero-order valence-electron chi connectivity index (χ0n) is 19.5. The summed E-state index contributed by atoms with van der Waals surface area (Å²) in [6.45, 7) is 1.05. The number of fused-ring (bicyclic) bond motifs is 1. The number of amides is 1. The number of likely N-dealkylation sites (tertiary alicyclic amines) is 1. The predicted octanol–water partition coefficient (Wildman–Crippen LogP) is 3.08. The van der Waals surface area contributed by atoms with Crippen molar-refractivity contribution >= 4 is 40.1 Å². The van der Waals surface area contributed by atoms with E-state index in [1.165, 1.54) is 11.3 Å². The molecule has 14 heteroatoms. The van der Waals surface area contributed by atoms with E-state index in [0.29, 0.717) is 36.7 Å². The molecule has 10 nitrogen and oxygen atoms in total. The summed E-state index contributed by atoms with van der Waals surface area (Å²) < 4.78 is 40.0. The Morgan fingerprint density at radius 3 is 2.57 bits per heavy atom. The van der Waals surface area contributed by atoms with Gasteiger partial charge < -0.3 is 20.8 Å². The Bertz CT molecular complexity index is 1300. The van der Waals surface area contributed by atoms with Gasteiger partial charge in [-0.15, -0.1) is 16.4 Å². The number of rotatable bonds is 6. The second kappa shape index (κ2) is 9.58. The fourth-order valence-corrected chi connectivity index (χ4v) is 5.82. The standard InChI is InChI=1S/C23H25F3N6O4S/c24-23(25,26)13-1-2-17-16(9-13)19(30-32(17)21(34)35)28-10-18(33)29-14-11-31(12-14)15-3-5-22(36,6-4-15)20-27-7-8-37-20/h1-2,7-9,14-15,36H,3-6,10-12H2,(H,28,30)(H,29,33)(H,34,35). The van der Waals surface area contributed by atoms with Crippen LogP contribution in [0.1, 0.15) is 36.3 Å². The zero-order chi connectivity index (χ0) is 26.4. The third-order valence-corrected chi connectivity index (χ3v) is 7.98. The smallest absolute Gasteiger partial charge is 0.432 e. The molecule has 3 aromatic rings. The maximum absolute atomic E-state index is 13.1. The highest BCUT2D eigenvalue weighted by Gasteiger charge is 2.41. The molecule has 1 saturated heterocycles. The molecule has 1 aliphatic carbocycles. The number of carboxylic acid groups (broad SMARTS) is 1. The number of hydrogen-bond acceptors (Lipinski definition) is 8. The SMILES string of the molecule is O=C(CNc1nn(C(=O)O)c2ccc(C(F)(F)F)cc12)NC1CN(C2CCC(O)(c3nccs3)CC2)C1. The fraction of sp³-hybridized carbons (Fsp3) is 0.478. The van der Waals surface area contributed by atoms with Gasteiger partial charge >= 0.3 is 12.3 Å². The summed E-state index contributed by atoms with van der Waals surface area (Å²) in [5.41, 5.74) is -1.83. The number of nitrogens with zero attached hydrogens (tertiary/aromatic N) is 4. The molecule has 5 rings (SSSR count). The summed E-state index contributed by atoms with van der Waals surface area (Å²) in [5, 5.41) is 32.1. The van der Waals surface area contributed by atoms with E-state index in [1.807, 2.05) is 5.38 Å². The van der Waals surface area contributed by atoms with Crippen LogP contribution in [0, 0.1) is 0 Å². The molecule has 37 heavy (non-hydrogen) atoms. The lowest BCUT2D eigenvalue weighted by Gasteiger charge is -2.47. The number of aromatic nitrogens is 3. The van der Waals surface area contributed by atoms with Crippen molar-refractivity contribution < 1.29 is 33.0 Å². The lowest BCUT2D eigenvalue weighted by atomic mass is 9.81. The quantitative estimate of drug-likeness (QED) is 0.377. The normalized spacial score (nSPS) is 23.1. The van der Waals surface area contributed by atoms with Crippen molar-refractivity contribution in [2.24, 2.45) is 0 Å². The summed E-state index contributed by atoms with van der Waals surface area (Å²) in [6.07, 6.45) is -1.44. The number of halogens is 3. The minimum absolute atomic E-state index is 0.0210. The molecule has 2 aliphatic rings. The lowest BCUT2D eigenvalue weighted by Crippen LogP contribution is -2.63. The van der Waals surface area contributed by atoms with Gasteiger partial charge in [0, 0.05) is 36.1 Å². The first-order chi connectivity index (χ1) is 17.5. The summed E-state index contributed by atoms with van der Waals surface area (Å²) in [4.78, 5) is 30.4. The highest BCUT2D eigenvalue weighted by Crippen LogP contribution is 2.40. The first-order valence-corrected chi connectivity index (χ1v) is 12.6. The van der Waals surface area contributed by atoms with Crippen LogP contribution in [0.15, 0.2) is 29.8 Å². The number of nitrogens with one attached hydrogen (secondary N) is 2. The number of benzene rings is 1. The first kappa shape index (κ1) is 25.4. The van der Waals surface area contributed by atoms with E-state index >= 15 is 0 Å². The highest BCUT2D eigenvalue weighted by molar-refractivity contribution is 7.09. The number of aliphatic hydroxyl groups is 1. The molecule has 198 valence electrons. The van der Waals surface area contributed by atoms with E-state index in [9.17, 15) is 33.0 Å². The van der Waals surface area contributed by atoms with Gasteiger partial charge in [0.25, 0.3) is 0 Å². The van der Waals surface area contributed by atoms with E-state index < -0.39 is 23.4 Å². The minimum atomic E-state index is -4.61. The molecule has 1 aliphatic heterocycles. The van der Waals surface area contributed by atoms with Gasteiger partial charge in [-0.3, -0.25) is 9.69 Å². The zero-order valence-corrected chi connectivity index (χ0v) is 20.3. The second-order valence-electron chi connectivity index (χ2n) is 9.44. The summed E-state index contributed by atoms with van der Waals surface area (Å²) in [6, 6.07) is 2.89. The molecule has 0 spiro atoms. The predicted molar refractivity (Wildman–Crippen MR) is 128 cm³/mol. The topological polar surface area (TPSA) is 133 Å². The number of thiazole rings is 1. The lowest BCUT2D eigenvalue weighted by molar-refractivity contribution is -0.137. The van der Waals surface area contributed by atoms with Gasteiger partial charge in [0.05, 0.1) is 23.7 Å². The Kier molecular flexibility index (Phi) is 6.58. The number of carbonyl (C=O) groups excluding carboxylic acids is 1. The third-order valence-electron chi connectivity index (χ3n) is 7.01. The van der Waals surface area contributed by atoms with Crippen LogP contribution in [0.25, 0.3) is 10.9 Å². The molecular formula is C23H25F3N6O4S. The Labute approximate surface area is 213 Å². The van der Waals surface area contributed by atoms with Crippen LogP contribution >= 0.6 is 11.3 Å². The van der Waals surface area contributed by atoms with Crippen LogP contribution in [-0.2, 0) is 16.6 Å². The molecule has 0 bridgehead atoms. The van der Waals surface area contributed by atoms with Crippen LogP contribution < -0.4 is 10.6 Å².